The third kappa shape index (κ3) is 3.03. The lowest BCUT2D eigenvalue weighted by Crippen LogP contribution is -2.29. The number of carboxylic acids is 1. The summed E-state index contributed by atoms with van der Waals surface area (Å²) in [6.07, 6.45) is 3.69. The molecule has 5 nitrogen and oxygen atoms in total. The van der Waals surface area contributed by atoms with E-state index in [0.717, 1.165) is 5.69 Å². The molecule has 2 heterocycles. The highest BCUT2D eigenvalue weighted by atomic mass is 32.1. The van der Waals surface area contributed by atoms with Crippen LogP contribution in [0.5, 0.6) is 0 Å². The van der Waals surface area contributed by atoms with Gasteiger partial charge in [0.05, 0.1) is 12.1 Å². The van der Waals surface area contributed by atoms with Gasteiger partial charge in [-0.1, -0.05) is 0 Å². The first-order chi connectivity index (χ1) is 9.09. The van der Waals surface area contributed by atoms with Gasteiger partial charge in [0.25, 0.3) is 5.91 Å². The smallest absolute Gasteiger partial charge is 0.305 e. The molecule has 100 valence electrons. The lowest BCUT2D eigenvalue weighted by molar-refractivity contribution is -0.137. The molecule has 0 aliphatic carbocycles. The summed E-state index contributed by atoms with van der Waals surface area (Å²) in [6.45, 7) is 0.206. The first-order valence-electron chi connectivity index (χ1n) is 5.77. The summed E-state index contributed by atoms with van der Waals surface area (Å²) in [5.41, 5.74) is 0.821. The zero-order chi connectivity index (χ0) is 13.8. The van der Waals surface area contributed by atoms with Crippen LogP contribution in [-0.4, -0.2) is 40.0 Å². The van der Waals surface area contributed by atoms with Gasteiger partial charge in [-0.2, -0.15) is 0 Å². The number of nitrogens with zero attached hydrogens (tertiary/aromatic N) is 2. The van der Waals surface area contributed by atoms with Crippen molar-refractivity contribution in [2.75, 3.05) is 13.6 Å². The van der Waals surface area contributed by atoms with Crippen LogP contribution >= 0.6 is 11.3 Å². The minimum Gasteiger partial charge on any atom is -0.481 e. The number of aromatic nitrogens is 1. The number of carbonyl (C=O) groups excluding carboxylic acids is 1. The molecule has 0 fully saturated rings. The van der Waals surface area contributed by atoms with E-state index >= 15 is 0 Å². The third-order valence-corrected chi connectivity index (χ3v) is 3.62. The molecule has 0 aromatic carbocycles. The van der Waals surface area contributed by atoms with Crippen molar-refractivity contribution in [1.82, 2.24) is 9.47 Å². The lowest BCUT2D eigenvalue weighted by Gasteiger charge is -2.16. The largest absolute Gasteiger partial charge is 0.481 e. The highest BCUT2D eigenvalue weighted by Gasteiger charge is 2.18. The van der Waals surface area contributed by atoms with E-state index < -0.39 is 5.97 Å². The fourth-order valence-corrected chi connectivity index (χ4v) is 2.58. The van der Waals surface area contributed by atoms with Crippen LogP contribution in [0.25, 0.3) is 5.69 Å². The van der Waals surface area contributed by atoms with Crippen LogP contribution in [0.4, 0.5) is 0 Å². The number of aliphatic carboxylic acids is 1. The first kappa shape index (κ1) is 13.4. The van der Waals surface area contributed by atoms with Gasteiger partial charge in [0.15, 0.2) is 0 Å². The number of amides is 1. The Morgan fingerprint density at radius 1 is 1.37 bits per heavy atom. The van der Waals surface area contributed by atoms with Crippen molar-refractivity contribution in [1.29, 1.82) is 0 Å². The lowest BCUT2D eigenvalue weighted by atomic mass is 10.3. The number of hydrogen-bond donors (Lipinski definition) is 1. The molecule has 2 aromatic heterocycles. The summed E-state index contributed by atoms with van der Waals surface area (Å²) in [4.78, 5) is 24.8. The first-order valence-corrected chi connectivity index (χ1v) is 6.65. The monoisotopic (exact) mass is 278 g/mol. The molecule has 0 spiro atoms. The van der Waals surface area contributed by atoms with Crippen molar-refractivity contribution in [3.8, 4) is 5.69 Å². The Balaban J connectivity index is 2.16. The molecule has 0 radical (unpaired) electrons. The molecule has 0 unspecified atom stereocenters. The van der Waals surface area contributed by atoms with Gasteiger partial charge >= 0.3 is 5.97 Å². The van der Waals surface area contributed by atoms with Crippen molar-refractivity contribution in [3.05, 3.63) is 40.8 Å². The molecule has 0 aliphatic rings. The average molecular weight is 278 g/mol. The second-order valence-electron chi connectivity index (χ2n) is 4.10. The van der Waals surface area contributed by atoms with Gasteiger partial charge in [0.2, 0.25) is 0 Å². The van der Waals surface area contributed by atoms with Crippen molar-refractivity contribution < 1.29 is 14.7 Å². The van der Waals surface area contributed by atoms with Gasteiger partial charge in [0, 0.05) is 26.0 Å². The van der Waals surface area contributed by atoms with Crippen LogP contribution in [-0.2, 0) is 4.79 Å². The Morgan fingerprint density at radius 3 is 2.68 bits per heavy atom. The molecule has 6 heteroatoms. The van der Waals surface area contributed by atoms with E-state index in [1.54, 1.807) is 7.05 Å². The summed E-state index contributed by atoms with van der Waals surface area (Å²) in [5, 5.41) is 10.5. The maximum absolute atomic E-state index is 12.3. The summed E-state index contributed by atoms with van der Waals surface area (Å²) in [7, 11) is 1.62. The van der Waals surface area contributed by atoms with Crippen molar-refractivity contribution in [2.24, 2.45) is 0 Å². The zero-order valence-electron chi connectivity index (χ0n) is 10.4. The standard InChI is InChI=1S/C13H14N2O3S/c1-14(8-4-11(16)17)13(18)12-10(5-9-19-12)15-6-2-3-7-15/h2-3,5-7,9H,4,8H2,1H3,(H,16,17). The van der Waals surface area contributed by atoms with Gasteiger partial charge in [-0.3, -0.25) is 9.59 Å². The molecular weight excluding hydrogens is 264 g/mol. The normalized spacial score (nSPS) is 10.4. The predicted molar refractivity (Wildman–Crippen MR) is 72.9 cm³/mol. The van der Waals surface area contributed by atoms with E-state index in [2.05, 4.69) is 0 Å². The highest BCUT2D eigenvalue weighted by Crippen LogP contribution is 2.22. The summed E-state index contributed by atoms with van der Waals surface area (Å²) < 4.78 is 1.87. The molecule has 0 bridgehead atoms. The second kappa shape index (κ2) is 5.71. The molecule has 0 atom stereocenters. The molecule has 1 amide bonds. The molecule has 2 rings (SSSR count). The van der Waals surface area contributed by atoms with Crippen LogP contribution in [0.15, 0.2) is 36.0 Å². The number of hydrogen-bond acceptors (Lipinski definition) is 3. The maximum atomic E-state index is 12.3. The van der Waals surface area contributed by atoms with Gasteiger partial charge in [-0.15, -0.1) is 11.3 Å². The van der Waals surface area contributed by atoms with Crippen molar-refractivity contribution in [2.45, 2.75) is 6.42 Å². The number of carboxylic acid groups (broad SMARTS) is 1. The highest BCUT2D eigenvalue weighted by molar-refractivity contribution is 7.12. The minimum atomic E-state index is -0.906. The Morgan fingerprint density at radius 2 is 2.05 bits per heavy atom. The number of rotatable bonds is 5. The SMILES string of the molecule is CN(CCC(=O)O)C(=O)c1sccc1-n1cccc1. The number of thiophene rings is 1. The molecular formula is C13H14N2O3S. The van der Waals surface area contributed by atoms with Gasteiger partial charge in [-0.25, -0.2) is 0 Å². The third-order valence-electron chi connectivity index (χ3n) is 2.73. The summed E-state index contributed by atoms with van der Waals surface area (Å²) in [5.74, 6) is -1.06. The van der Waals surface area contributed by atoms with Crippen molar-refractivity contribution >= 4 is 23.2 Å². The number of carbonyl (C=O) groups is 2. The zero-order valence-corrected chi connectivity index (χ0v) is 11.3. The molecule has 1 N–H and O–H groups in total. The quantitative estimate of drug-likeness (QED) is 0.911. The van der Waals surface area contributed by atoms with Gasteiger partial charge in [-0.05, 0) is 23.6 Å². The maximum Gasteiger partial charge on any atom is 0.305 e. The Hall–Kier alpha value is -2.08. The topological polar surface area (TPSA) is 62.5 Å². The fraction of sp³-hybridized carbons (Fsp3) is 0.231. The van der Waals surface area contributed by atoms with Crippen LogP contribution in [0, 0.1) is 0 Å². The minimum absolute atomic E-state index is 0.0491. The summed E-state index contributed by atoms with van der Waals surface area (Å²) in [6, 6.07) is 5.66. The van der Waals surface area contributed by atoms with E-state index in [9.17, 15) is 9.59 Å². The molecule has 0 saturated heterocycles. The molecule has 0 saturated carbocycles. The van der Waals surface area contributed by atoms with E-state index in [4.69, 9.17) is 5.11 Å². The van der Waals surface area contributed by atoms with Gasteiger partial charge in [0.1, 0.15) is 4.88 Å². The van der Waals surface area contributed by atoms with Crippen molar-refractivity contribution in [3.63, 3.8) is 0 Å². The second-order valence-corrected chi connectivity index (χ2v) is 5.01. The van der Waals surface area contributed by atoms with E-state index in [1.165, 1.54) is 16.2 Å². The predicted octanol–water partition coefficient (Wildman–Crippen LogP) is 2.09. The Bertz CT molecular complexity index is 574. The van der Waals surface area contributed by atoms with Crippen LogP contribution in [0.3, 0.4) is 0 Å². The van der Waals surface area contributed by atoms with E-state index in [0.29, 0.717) is 4.88 Å². The van der Waals surface area contributed by atoms with E-state index in [1.807, 2.05) is 40.5 Å². The average Bonchev–Trinajstić information content (AvgIpc) is 3.03. The Labute approximate surface area is 114 Å². The van der Waals surface area contributed by atoms with E-state index in [-0.39, 0.29) is 18.9 Å². The molecule has 19 heavy (non-hydrogen) atoms. The van der Waals surface area contributed by atoms with Crippen LogP contribution in [0.1, 0.15) is 16.1 Å². The fourth-order valence-electron chi connectivity index (χ4n) is 1.70. The Kier molecular flexibility index (Phi) is 4.01. The van der Waals surface area contributed by atoms with Crippen LogP contribution in [0.2, 0.25) is 0 Å². The summed E-state index contributed by atoms with van der Waals surface area (Å²) >= 11 is 1.36. The van der Waals surface area contributed by atoms with Gasteiger partial charge < -0.3 is 14.6 Å². The molecule has 0 aliphatic heterocycles. The van der Waals surface area contributed by atoms with Crippen LogP contribution < -0.4 is 0 Å². The molecule has 2 aromatic rings.